The maximum absolute atomic E-state index is 13.0. The van der Waals surface area contributed by atoms with Crippen LogP contribution in [0.3, 0.4) is 0 Å². The quantitative estimate of drug-likeness (QED) is 0.170. The lowest BCUT2D eigenvalue weighted by molar-refractivity contribution is -0.164. The lowest BCUT2D eigenvalue weighted by atomic mass is 9.44. The number of nitrogens with two attached hydrogens (primary N) is 1. The third-order valence-corrected chi connectivity index (χ3v) is 14.3. The van der Waals surface area contributed by atoms with Crippen molar-refractivity contribution in [2.45, 2.75) is 104 Å². The molecule has 0 spiro atoms. The first-order valence-electron chi connectivity index (χ1n) is 19.4. The lowest BCUT2D eigenvalue weighted by Gasteiger charge is -2.62. The average molecular weight is 676 g/mol. The molecule has 4 aliphatic carbocycles. The molecule has 6 nitrogen and oxygen atoms in total. The zero-order chi connectivity index (χ0) is 35.0. The average Bonchev–Trinajstić information content (AvgIpc) is 3.48. The molecule has 0 saturated heterocycles. The minimum absolute atomic E-state index is 0.0791. The van der Waals surface area contributed by atoms with Gasteiger partial charge in [-0.1, -0.05) is 82.1 Å². The fourth-order valence-electron chi connectivity index (χ4n) is 11.5. The van der Waals surface area contributed by atoms with Gasteiger partial charge in [-0.3, -0.25) is 9.59 Å². The summed E-state index contributed by atoms with van der Waals surface area (Å²) in [5.41, 5.74) is 11.6. The summed E-state index contributed by atoms with van der Waals surface area (Å²) < 4.78 is 0. The summed E-state index contributed by atoms with van der Waals surface area (Å²) in [5, 5.41) is 17.6. The molecule has 2 amide bonds. The highest BCUT2D eigenvalue weighted by molar-refractivity contribution is 6.06. The van der Waals surface area contributed by atoms with E-state index in [0.29, 0.717) is 70.8 Å². The Bertz CT molecular complexity index is 1670. The van der Waals surface area contributed by atoms with Crippen LogP contribution >= 0.6 is 0 Å². The Morgan fingerprint density at radius 3 is 2.40 bits per heavy atom. The number of carbonyl (C=O) groups is 2. The Morgan fingerprint density at radius 2 is 1.64 bits per heavy atom. The van der Waals surface area contributed by atoms with Crippen molar-refractivity contribution in [2.24, 2.45) is 46.3 Å². The molecule has 266 valence electrons. The van der Waals surface area contributed by atoms with E-state index in [2.05, 4.69) is 31.4 Å². The minimum atomic E-state index is -0.226. The van der Waals surface area contributed by atoms with Crippen molar-refractivity contribution < 1.29 is 14.7 Å². The molecular weight excluding hydrogens is 619 g/mol. The fourth-order valence-corrected chi connectivity index (χ4v) is 11.5. The van der Waals surface area contributed by atoms with Crippen molar-refractivity contribution in [3.8, 4) is 11.1 Å². The number of fused-ring (bicyclic) bond motifs is 5. The summed E-state index contributed by atoms with van der Waals surface area (Å²) in [6.45, 7) is 7.91. The maximum atomic E-state index is 13.0. The van der Waals surface area contributed by atoms with Crippen LogP contribution < -0.4 is 16.4 Å². The topological polar surface area (TPSA) is 104 Å². The van der Waals surface area contributed by atoms with Crippen LogP contribution in [0.25, 0.3) is 11.1 Å². The standard InChI is InChI=1S/C44H57N3O3/c1-28(34-18-19-35-41-36(22-24-44(34,35)3)43(2)23-8-7-11-33(43)26-39(41)48)12-21-40(49)46-27-29-13-15-31(16-14-29)42(50)47-38-20-17-32(25-37(38)45)30-9-5-4-6-10-30/h4-6,9-10,13-17,20,25,28,33-36,39,41,48H,7-8,11-12,18-19,21-24,26-27,45H2,1-3H3,(H,46,49)(H,47,50)/t28-,33?,34?,35?,36?,39?,41?,43?,44?/m1/s1. The summed E-state index contributed by atoms with van der Waals surface area (Å²) >= 11 is 0. The Kier molecular flexibility index (Phi) is 9.86. The minimum Gasteiger partial charge on any atom is -0.397 e. The maximum Gasteiger partial charge on any atom is 0.255 e. The Balaban J connectivity index is 0.885. The zero-order valence-corrected chi connectivity index (χ0v) is 30.3. The van der Waals surface area contributed by atoms with Gasteiger partial charge in [-0.25, -0.2) is 0 Å². The highest BCUT2D eigenvalue weighted by Gasteiger charge is 2.62. The number of hydrogen-bond acceptors (Lipinski definition) is 4. The van der Waals surface area contributed by atoms with Gasteiger partial charge in [0.15, 0.2) is 0 Å². The smallest absolute Gasteiger partial charge is 0.255 e. The van der Waals surface area contributed by atoms with Crippen molar-refractivity contribution in [3.05, 3.63) is 83.9 Å². The van der Waals surface area contributed by atoms with E-state index in [4.69, 9.17) is 5.73 Å². The fraction of sp³-hybridized carbons (Fsp3) is 0.545. The van der Waals surface area contributed by atoms with Crippen molar-refractivity contribution in [3.63, 3.8) is 0 Å². The van der Waals surface area contributed by atoms with Crippen LogP contribution in [0, 0.1) is 46.3 Å². The monoisotopic (exact) mass is 675 g/mol. The van der Waals surface area contributed by atoms with Gasteiger partial charge in [-0.05, 0) is 139 Å². The van der Waals surface area contributed by atoms with E-state index >= 15 is 0 Å². The Morgan fingerprint density at radius 1 is 0.880 bits per heavy atom. The summed E-state index contributed by atoms with van der Waals surface area (Å²) in [7, 11) is 0. The predicted octanol–water partition coefficient (Wildman–Crippen LogP) is 9.24. The first-order valence-corrected chi connectivity index (χ1v) is 19.4. The molecule has 0 aromatic heterocycles. The summed E-state index contributed by atoms with van der Waals surface area (Å²) in [4.78, 5) is 26.0. The van der Waals surface area contributed by atoms with Crippen molar-refractivity contribution >= 4 is 23.2 Å². The molecular formula is C44H57N3O3. The van der Waals surface area contributed by atoms with Crippen LogP contribution in [0.1, 0.15) is 107 Å². The van der Waals surface area contributed by atoms with Gasteiger partial charge in [-0.15, -0.1) is 0 Å². The van der Waals surface area contributed by atoms with Crippen molar-refractivity contribution in [2.75, 3.05) is 11.1 Å². The molecule has 0 bridgehead atoms. The molecule has 8 unspecified atom stereocenters. The lowest BCUT2D eigenvalue weighted by Crippen LogP contribution is -2.57. The molecule has 5 N–H and O–H groups in total. The van der Waals surface area contributed by atoms with Crippen LogP contribution in [0.15, 0.2) is 72.8 Å². The normalized spacial score (nSPS) is 32.2. The van der Waals surface area contributed by atoms with Gasteiger partial charge in [0.1, 0.15) is 0 Å². The summed E-state index contributed by atoms with van der Waals surface area (Å²) in [6.07, 6.45) is 12.7. The number of nitrogen functional groups attached to an aromatic ring is 1. The molecule has 50 heavy (non-hydrogen) atoms. The zero-order valence-electron chi connectivity index (χ0n) is 30.3. The second-order valence-electron chi connectivity index (χ2n) is 16.9. The van der Waals surface area contributed by atoms with Gasteiger partial charge in [0, 0.05) is 18.5 Å². The number of hydrogen-bond donors (Lipinski definition) is 4. The van der Waals surface area contributed by atoms with E-state index in [-0.39, 0.29) is 23.3 Å². The van der Waals surface area contributed by atoms with Crippen LogP contribution in [0.5, 0.6) is 0 Å². The second kappa shape index (κ2) is 14.2. The molecule has 4 saturated carbocycles. The highest BCUT2D eigenvalue weighted by Crippen LogP contribution is 2.68. The number of rotatable bonds is 9. The van der Waals surface area contributed by atoms with Gasteiger partial charge in [0.25, 0.3) is 5.91 Å². The SMILES string of the molecule is C[C@H](CCC(=O)NCc1ccc(C(=O)Nc2ccc(-c3ccccc3)cc2N)cc1)C1CCC2C3C(O)CC4CCCCC4(C)C3CCC21C. The molecule has 0 radical (unpaired) electrons. The summed E-state index contributed by atoms with van der Waals surface area (Å²) in [6, 6.07) is 23.0. The van der Waals surface area contributed by atoms with Crippen molar-refractivity contribution in [1.29, 1.82) is 0 Å². The van der Waals surface area contributed by atoms with Crippen LogP contribution in [-0.4, -0.2) is 23.0 Å². The number of benzene rings is 3. The Labute approximate surface area is 299 Å². The third kappa shape index (κ3) is 6.61. The van der Waals surface area contributed by atoms with E-state index in [1.165, 1.54) is 51.4 Å². The van der Waals surface area contributed by atoms with Crippen LogP contribution in [-0.2, 0) is 11.3 Å². The molecule has 9 atom stereocenters. The van der Waals surface area contributed by atoms with E-state index < -0.39 is 0 Å². The van der Waals surface area contributed by atoms with Gasteiger partial charge in [0.2, 0.25) is 5.91 Å². The Hall–Kier alpha value is -3.64. The van der Waals surface area contributed by atoms with Gasteiger partial charge in [-0.2, -0.15) is 0 Å². The number of anilines is 2. The number of amides is 2. The molecule has 0 aliphatic heterocycles. The molecule has 0 heterocycles. The largest absolute Gasteiger partial charge is 0.397 e. The van der Waals surface area contributed by atoms with Gasteiger partial charge in [0.05, 0.1) is 17.5 Å². The molecule has 6 heteroatoms. The molecule has 7 rings (SSSR count). The highest BCUT2D eigenvalue weighted by atomic mass is 16.3. The first kappa shape index (κ1) is 34.8. The number of aliphatic hydroxyl groups is 1. The summed E-state index contributed by atoms with van der Waals surface area (Å²) in [5.74, 6) is 3.39. The van der Waals surface area contributed by atoms with E-state index in [1.54, 1.807) is 12.1 Å². The first-order chi connectivity index (χ1) is 24.1. The van der Waals surface area contributed by atoms with Gasteiger partial charge < -0.3 is 21.5 Å². The van der Waals surface area contributed by atoms with Crippen molar-refractivity contribution in [1.82, 2.24) is 5.32 Å². The van der Waals surface area contributed by atoms with E-state index in [0.717, 1.165) is 29.5 Å². The van der Waals surface area contributed by atoms with E-state index in [1.807, 2.05) is 60.7 Å². The second-order valence-corrected chi connectivity index (χ2v) is 16.9. The molecule has 3 aromatic rings. The van der Waals surface area contributed by atoms with Crippen LogP contribution in [0.4, 0.5) is 11.4 Å². The third-order valence-electron chi connectivity index (χ3n) is 14.3. The number of aliphatic hydroxyl groups excluding tert-OH is 1. The molecule has 4 fully saturated rings. The molecule has 3 aromatic carbocycles. The number of nitrogens with one attached hydrogen (secondary N) is 2. The molecule has 4 aliphatic rings. The predicted molar refractivity (Wildman–Crippen MR) is 202 cm³/mol. The van der Waals surface area contributed by atoms with E-state index in [9.17, 15) is 14.7 Å². The van der Waals surface area contributed by atoms with Crippen LogP contribution in [0.2, 0.25) is 0 Å². The number of carbonyl (C=O) groups excluding carboxylic acids is 2. The van der Waals surface area contributed by atoms with Gasteiger partial charge >= 0.3 is 0 Å².